The van der Waals surface area contributed by atoms with Gasteiger partial charge < -0.3 is 10.1 Å². The second kappa shape index (κ2) is 7.91. The van der Waals surface area contributed by atoms with Crippen molar-refractivity contribution in [3.63, 3.8) is 0 Å². The third-order valence-electron chi connectivity index (χ3n) is 3.30. The molecule has 0 heterocycles. The molecule has 0 aliphatic carbocycles. The van der Waals surface area contributed by atoms with Crippen LogP contribution in [0, 0.1) is 24.0 Å². The standard InChI is InChI=1S/C17H17N3O5/c1-11-3-8-15(12(2)9-11)18-17(22)19-16(21)10-25-14-6-4-13(5-7-14)20(23)24/h3-9H,10H2,1-2H3,(H2,18,19,21,22). The Balaban J connectivity index is 1.83. The molecule has 0 aromatic heterocycles. The third kappa shape index (κ3) is 5.31. The van der Waals surface area contributed by atoms with Gasteiger partial charge in [-0.05, 0) is 37.6 Å². The average molecular weight is 343 g/mol. The zero-order valence-electron chi connectivity index (χ0n) is 13.7. The molecule has 0 bridgehead atoms. The van der Waals surface area contributed by atoms with Crippen LogP contribution in [0.15, 0.2) is 42.5 Å². The van der Waals surface area contributed by atoms with Gasteiger partial charge in [0.1, 0.15) is 5.75 Å². The van der Waals surface area contributed by atoms with E-state index < -0.39 is 23.5 Å². The Bertz CT molecular complexity index is 802. The van der Waals surface area contributed by atoms with Crippen LogP contribution in [0.1, 0.15) is 11.1 Å². The second-order valence-electron chi connectivity index (χ2n) is 5.36. The topological polar surface area (TPSA) is 111 Å². The first kappa shape index (κ1) is 17.9. The van der Waals surface area contributed by atoms with Crippen molar-refractivity contribution >= 4 is 23.3 Å². The molecule has 130 valence electrons. The number of nitro benzene ring substituents is 1. The molecule has 2 rings (SSSR count). The molecule has 0 spiro atoms. The number of hydrogen-bond donors (Lipinski definition) is 2. The quantitative estimate of drug-likeness (QED) is 0.640. The number of nitro groups is 1. The van der Waals surface area contributed by atoms with Gasteiger partial charge in [0, 0.05) is 17.8 Å². The van der Waals surface area contributed by atoms with E-state index in [4.69, 9.17) is 4.74 Å². The molecule has 0 radical (unpaired) electrons. The van der Waals surface area contributed by atoms with Crippen molar-refractivity contribution in [2.45, 2.75) is 13.8 Å². The molecule has 3 amide bonds. The summed E-state index contributed by atoms with van der Waals surface area (Å²) in [6.07, 6.45) is 0. The number of carbonyl (C=O) groups is 2. The van der Waals surface area contributed by atoms with Crippen LogP contribution >= 0.6 is 0 Å². The van der Waals surface area contributed by atoms with Gasteiger partial charge in [0.2, 0.25) is 0 Å². The molecular weight excluding hydrogens is 326 g/mol. The molecule has 0 aliphatic heterocycles. The monoisotopic (exact) mass is 343 g/mol. The molecule has 2 N–H and O–H groups in total. The first-order valence-electron chi connectivity index (χ1n) is 7.40. The zero-order chi connectivity index (χ0) is 18.4. The summed E-state index contributed by atoms with van der Waals surface area (Å²) >= 11 is 0. The minimum Gasteiger partial charge on any atom is -0.484 e. The van der Waals surface area contributed by atoms with Gasteiger partial charge in [-0.3, -0.25) is 20.2 Å². The van der Waals surface area contributed by atoms with E-state index in [0.29, 0.717) is 5.69 Å². The van der Waals surface area contributed by atoms with Gasteiger partial charge in [0.15, 0.2) is 6.61 Å². The van der Waals surface area contributed by atoms with Crippen molar-refractivity contribution in [1.29, 1.82) is 0 Å². The molecule has 8 heteroatoms. The number of anilines is 1. The van der Waals surface area contributed by atoms with Gasteiger partial charge in [-0.2, -0.15) is 0 Å². The van der Waals surface area contributed by atoms with Gasteiger partial charge in [0.05, 0.1) is 4.92 Å². The van der Waals surface area contributed by atoms with Gasteiger partial charge in [-0.25, -0.2) is 4.79 Å². The van der Waals surface area contributed by atoms with E-state index in [9.17, 15) is 19.7 Å². The first-order chi connectivity index (χ1) is 11.8. The van der Waals surface area contributed by atoms with E-state index in [1.54, 1.807) is 6.07 Å². The fourth-order valence-corrected chi connectivity index (χ4v) is 2.08. The lowest BCUT2D eigenvalue weighted by molar-refractivity contribution is -0.384. The number of rotatable bonds is 5. The highest BCUT2D eigenvalue weighted by atomic mass is 16.6. The Hall–Kier alpha value is -3.42. The summed E-state index contributed by atoms with van der Waals surface area (Å²) in [5.74, 6) is -0.351. The zero-order valence-corrected chi connectivity index (χ0v) is 13.7. The predicted molar refractivity (Wildman–Crippen MR) is 91.7 cm³/mol. The number of nitrogens with zero attached hydrogens (tertiary/aromatic N) is 1. The maximum absolute atomic E-state index is 11.8. The van der Waals surface area contributed by atoms with Gasteiger partial charge in [-0.15, -0.1) is 0 Å². The fraction of sp³-hybridized carbons (Fsp3) is 0.176. The Kier molecular flexibility index (Phi) is 5.67. The van der Waals surface area contributed by atoms with Crippen LogP contribution in [0.3, 0.4) is 0 Å². The van der Waals surface area contributed by atoms with E-state index in [2.05, 4.69) is 10.6 Å². The lowest BCUT2D eigenvalue weighted by Gasteiger charge is -2.10. The van der Waals surface area contributed by atoms with Crippen LogP contribution in [-0.4, -0.2) is 23.5 Å². The second-order valence-corrected chi connectivity index (χ2v) is 5.36. The van der Waals surface area contributed by atoms with Crippen LogP contribution < -0.4 is 15.4 Å². The summed E-state index contributed by atoms with van der Waals surface area (Å²) in [6.45, 7) is 3.40. The minimum absolute atomic E-state index is 0.0790. The van der Waals surface area contributed by atoms with Crippen molar-refractivity contribution in [2.75, 3.05) is 11.9 Å². The highest BCUT2D eigenvalue weighted by Gasteiger charge is 2.11. The Morgan fingerprint density at radius 3 is 2.40 bits per heavy atom. The number of urea groups is 1. The maximum atomic E-state index is 11.8. The van der Waals surface area contributed by atoms with Crippen molar-refractivity contribution in [2.24, 2.45) is 0 Å². The number of non-ortho nitro benzene ring substituents is 1. The molecule has 25 heavy (non-hydrogen) atoms. The summed E-state index contributed by atoms with van der Waals surface area (Å²) in [4.78, 5) is 33.6. The van der Waals surface area contributed by atoms with E-state index in [1.807, 2.05) is 26.0 Å². The van der Waals surface area contributed by atoms with E-state index in [-0.39, 0.29) is 11.4 Å². The van der Waals surface area contributed by atoms with Gasteiger partial charge in [-0.1, -0.05) is 17.7 Å². The third-order valence-corrected chi connectivity index (χ3v) is 3.30. The summed E-state index contributed by atoms with van der Waals surface area (Å²) in [5.41, 5.74) is 2.47. The SMILES string of the molecule is Cc1ccc(NC(=O)NC(=O)COc2ccc([N+](=O)[O-])cc2)c(C)c1. The summed E-state index contributed by atoms with van der Waals surface area (Å²) in [6, 6.07) is 10.1. The highest BCUT2D eigenvalue weighted by Crippen LogP contribution is 2.17. The number of amides is 3. The van der Waals surface area contributed by atoms with Crippen LogP contribution in [0.4, 0.5) is 16.2 Å². The largest absolute Gasteiger partial charge is 0.484 e. The number of nitrogens with one attached hydrogen (secondary N) is 2. The highest BCUT2D eigenvalue weighted by molar-refractivity contribution is 6.01. The molecule has 2 aromatic rings. The molecule has 0 saturated carbocycles. The molecule has 0 fully saturated rings. The molecule has 0 aliphatic rings. The lowest BCUT2D eigenvalue weighted by Crippen LogP contribution is -2.37. The molecule has 0 unspecified atom stereocenters. The van der Waals surface area contributed by atoms with Gasteiger partial charge >= 0.3 is 6.03 Å². The van der Waals surface area contributed by atoms with Crippen LogP contribution in [0.2, 0.25) is 0 Å². The Labute approximate surface area is 144 Å². The minimum atomic E-state index is -0.663. The molecule has 0 atom stereocenters. The number of ether oxygens (including phenoxy) is 1. The van der Waals surface area contributed by atoms with E-state index in [0.717, 1.165) is 11.1 Å². The molecule has 2 aromatic carbocycles. The summed E-state index contributed by atoms with van der Waals surface area (Å²) in [7, 11) is 0. The van der Waals surface area contributed by atoms with Crippen molar-refractivity contribution in [1.82, 2.24) is 5.32 Å². The number of aryl methyl sites for hydroxylation is 2. The van der Waals surface area contributed by atoms with Gasteiger partial charge in [0.25, 0.3) is 11.6 Å². The van der Waals surface area contributed by atoms with Crippen molar-refractivity contribution in [3.8, 4) is 5.75 Å². The predicted octanol–water partition coefficient (Wildman–Crippen LogP) is 2.94. The molecule has 8 nitrogen and oxygen atoms in total. The Morgan fingerprint density at radius 1 is 1.12 bits per heavy atom. The summed E-state index contributed by atoms with van der Waals surface area (Å²) < 4.78 is 5.18. The number of benzene rings is 2. The lowest BCUT2D eigenvalue weighted by atomic mass is 10.1. The van der Waals surface area contributed by atoms with Crippen LogP contribution in [-0.2, 0) is 4.79 Å². The van der Waals surface area contributed by atoms with Crippen LogP contribution in [0.5, 0.6) is 5.75 Å². The number of imide groups is 1. The van der Waals surface area contributed by atoms with E-state index >= 15 is 0 Å². The Morgan fingerprint density at radius 2 is 1.80 bits per heavy atom. The molecule has 0 saturated heterocycles. The average Bonchev–Trinajstić information content (AvgIpc) is 2.56. The maximum Gasteiger partial charge on any atom is 0.325 e. The van der Waals surface area contributed by atoms with Crippen molar-refractivity contribution in [3.05, 3.63) is 63.7 Å². The number of carbonyl (C=O) groups excluding carboxylic acids is 2. The smallest absolute Gasteiger partial charge is 0.325 e. The first-order valence-corrected chi connectivity index (χ1v) is 7.40. The van der Waals surface area contributed by atoms with Crippen LogP contribution in [0.25, 0.3) is 0 Å². The van der Waals surface area contributed by atoms with E-state index in [1.165, 1.54) is 24.3 Å². The number of hydrogen-bond acceptors (Lipinski definition) is 5. The molecular formula is C17H17N3O5. The summed E-state index contributed by atoms with van der Waals surface area (Å²) in [5, 5.41) is 15.3. The van der Waals surface area contributed by atoms with Crippen molar-refractivity contribution < 1.29 is 19.2 Å². The fourth-order valence-electron chi connectivity index (χ4n) is 2.08. The normalized spacial score (nSPS) is 10.0.